The molecule has 1 aliphatic carbocycles. The van der Waals surface area contributed by atoms with Crippen molar-refractivity contribution in [2.24, 2.45) is 0 Å². The Morgan fingerprint density at radius 1 is 1.12 bits per heavy atom. The third kappa shape index (κ3) is 5.52. The number of rotatable bonds is 9. The van der Waals surface area contributed by atoms with Gasteiger partial charge in [0.2, 0.25) is 0 Å². The molecule has 0 saturated heterocycles. The van der Waals surface area contributed by atoms with Gasteiger partial charge < -0.3 is 9.84 Å². The molecule has 0 radical (unpaired) electrons. The quantitative estimate of drug-likeness (QED) is 0.508. The van der Waals surface area contributed by atoms with Crippen LogP contribution in [-0.4, -0.2) is 37.9 Å². The first-order valence-corrected chi connectivity index (χ1v) is 11.3. The first kappa shape index (κ1) is 22.0. The smallest absolute Gasteiger partial charge is 0.305 e. The summed E-state index contributed by atoms with van der Waals surface area (Å²) in [6.07, 6.45) is 13.8. The molecule has 0 fully saturated rings. The molecule has 0 spiro atoms. The molecule has 0 amide bonds. The van der Waals surface area contributed by atoms with Crippen molar-refractivity contribution in [1.29, 1.82) is 0 Å². The number of carboxylic acid groups (broad SMARTS) is 1. The Morgan fingerprint density at radius 2 is 1.97 bits per heavy atom. The van der Waals surface area contributed by atoms with E-state index in [1.54, 1.807) is 24.2 Å². The van der Waals surface area contributed by atoms with Crippen LogP contribution in [0.2, 0.25) is 0 Å². The predicted molar refractivity (Wildman–Crippen MR) is 121 cm³/mol. The molecule has 4 rings (SSSR count). The first-order chi connectivity index (χ1) is 15.6. The van der Waals surface area contributed by atoms with Gasteiger partial charge in [0.15, 0.2) is 0 Å². The Bertz CT molecular complexity index is 1060. The van der Waals surface area contributed by atoms with E-state index in [0.29, 0.717) is 5.75 Å². The number of hydrogen-bond donors (Lipinski definition) is 1. The van der Waals surface area contributed by atoms with Crippen LogP contribution in [0.25, 0.3) is 0 Å². The Morgan fingerprint density at radius 3 is 2.81 bits per heavy atom. The van der Waals surface area contributed by atoms with Crippen molar-refractivity contribution in [3.05, 3.63) is 71.1 Å². The SMILES string of the molecule is COc1cncc(C(CC(=O)O)n2ccc(CCCc3ccc4c(n3)CCCCC4)n2)c1. The number of pyridine rings is 2. The summed E-state index contributed by atoms with van der Waals surface area (Å²) >= 11 is 0. The number of carbonyl (C=O) groups is 1. The molecule has 3 aromatic heterocycles. The third-order valence-electron chi connectivity index (χ3n) is 6.06. The molecule has 1 aliphatic rings. The highest BCUT2D eigenvalue weighted by atomic mass is 16.5. The molecule has 3 heterocycles. The van der Waals surface area contributed by atoms with Crippen LogP contribution >= 0.6 is 0 Å². The van der Waals surface area contributed by atoms with Crippen LogP contribution < -0.4 is 4.74 Å². The molecule has 0 bridgehead atoms. The van der Waals surface area contributed by atoms with Gasteiger partial charge in [-0.1, -0.05) is 12.5 Å². The maximum atomic E-state index is 11.5. The van der Waals surface area contributed by atoms with Crippen LogP contribution in [-0.2, 0) is 30.5 Å². The highest BCUT2D eigenvalue weighted by molar-refractivity contribution is 5.68. The van der Waals surface area contributed by atoms with Gasteiger partial charge in [-0.25, -0.2) is 0 Å². The van der Waals surface area contributed by atoms with E-state index in [1.165, 1.54) is 30.5 Å². The minimum atomic E-state index is -0.885. The molecule has 7 heteroatoms. The Labute approximate surface area is 188 Å². The molecular formula is C25H30N4O3. The zero-order valence-electron chi connectivity index (χ0n) is 18.5. The van der Waals surface area contributed by atoms with Gasteiger partial charge >= 0.3 is 5.97 Å². The normalized spacial score (nSPS) is 14.4. The second-order valence-electron chi connectivity index (χ2n) is 8.38. The lowest BCUT2D eigenvalue weighted by Crippen LogP contribution is -2.16. The van der Waals surface area contributed by atoms with Crippen LogP contribution in [0.15, 0.2) is 42.9 Å². The van der Waals surface area contributed by atoms with Crippen molar-refractivity contribution in [2.75, 3.05) is 7.11 Å². The van der Waals surface area contributed by atoms with Crippen molar-refractivity contribution in [3.8, 4) is 5.75 Å². The van der Waals surface area contributed by atoms with E-state index < -0.39 is 12.0 Å². The van der Waals surface area contributed by atoms with Gasteiger partial charge in [0.25, 0.3) is 0 Å². The van der Waals surface area contributed by atoms with E-state index in [4.69, 9.17) is 9.72 Å². The number of carboxylic acids is 1. The summed E-state index contributed by atoms with van der Waals surface area (Å²) in [6.45, 7) is 0. The number of aryl methyl sites for hydroxylation is 4. The Balaban J connectivity index is 1.41. The number of fused-ring (bicyclic) bond motifs is 1. The zero-order valence-corrected chi connectivity index (χ0v) is 18.5. The average Bonchev–Trinajstić information content (AvgIpc) is 3.14. The fourth-order valence-electron chi connectivity index (χ4n) is 4.34. The molecule has 1 atom stereocenters. The van der Waals surface area contributed by atoms with Crippen LogP contribution in [0.3, 0.4) is 0 Å². The molecule has 3 aromatic rings. The van der Waals surface area contributed by atoms with Gasteiger partial charge in [-0.3, -0.25) is 19.4 Å². The summed E-state index contributed by atoms with van der Waals surface area (Å²) in [7, 11) is 1.57. The van der Waals surface area contributed by atoms with Crippen molar-refractivity contribution < 1.29 is 14.6 Å². The standard InChI is InChI=1S/C25H30N4O3/c1-32-22-14-19(16-26-17-22)24(15-25(30)31)29-13-12-21(28-29)8-5-7-20-11-10-18-6-3-2-4-9-23(18)27-20/h10-14,16-17,24H,2-9,15H2,1H3,(H,30,31). The van der Waals surface area contributed by atoms with E-state index in [0.717, 1.165) is 49.1 Å². The van der Waals surface area contributed by atoms with Crippen LogP contribution in [0, 0.1) is 0 Å². The van der Waals surface area contributed by atoms with Crippen molar-refractivity contribution >= 4 is 5.97 Å². The van der Waals surface area contributed by atoms with Crippen LogP contribution in [0.4, 0.5) is 0 Å². The van der Waals surface area contributed by atoms with Gasteiger partial charge in [-0.15, -0.1) is 0 Å². The number of ether oxygens (including phenoxy) is 1. The maximum Gasteiger partial charge on any atom is 0.305 e. The summed E-state index contributed by atoms with van der Waals surface area (Å²) in [5.41, 5.74) is 5.56. The maximum absolute atomic E-state index is 11.5. The van der Waals surface area contributed by atoms with E-state index in [1.807, 2.05) is 18.3 Å². The summed E-state index contributed by atoms with van der Waals surface area (Å²) in [6, 6.07) is 7.77. The molecule has 1 N–H and O–H groups in total. The van der Waals surface area contributed by atoms with Crippen molar-refractivity contribution in [3.63, 3.8) is 0 Å². The molecule has 7 nitrogen and oxygen atoms in total. The van der Waals surface area contributed by atoms with Crippen molar-refractivity contribution in [1.82, 2.24) is 19.7 Å². The summed E-state index contributed by atoms with van der Waals surface area (Å²) in [5, 5.41) is 14.1. The lowest BCUT2D eigenvalue weighted by Gasteiger charge is -2.16. The van der Waals surface area contributed by atoms with E-state index in [-0.39, 0.29) is 6.42 Å². The average molecular weight is 435 g/mol. The number of aromatic nitrogens is 4. The minimum Gasteiger partial charge on any atom is -0.495 e. The number of methoxy groups -OCH3 is 1. The zero-order chi connectivity index (χ0) is 22.3. The lowest BCUT2D eigenvalue weighted by molar-refractivity contribution is -0.137. The molecule has 0 saturated carbocycles. The van der Waals surface area contributed by atoms with Gasteiger partial charge in [0.05, 0.1) is 31.5 Å². The van der Waals surface area contributed by atoms with Gasteiger partial charge in [-0.2, -0.15) is 5.10 Å². The fourth-order valence-corrected chi connectivity index (χ4v) is 4.34. The van der Waals surface area contributed by atoms with E-state index in [2.05, 4.69) is 22.2 Å². The number of aliphatic carboxylic acids is 1. The predicted octanol–water partition coefficient (Wildman–Crippen LogP) is 4.19. The summed E-state index contributed by atoms with van der Waals surface area (Å²) in [5.74, 6) is -0.289. The highest BCUT2D eigenvalue weighted by Crippen LogP contribution is 2.25. The minimum absolute atomic E-state index is 0.0744. The second kappa shape index (κ2) is 10.4. The Kier molecular flexibility index (Phi) is 7.14. The molecule has 1 unspecified atom stereocenters. The van der Waals surface area contributed by atoms with Crippen LogP contribution in [0.1, 0.15) is 66.4 Å². The largest absolute Gasteiger partial charge is 0.495 e. The number of nitrogens with zero attached hydrogens (tertiary/aromatic N) is 4. The molecule has 0 aliphatic heterocycles. The highest BCUT2D eigenvalue weighted by Gasteiger charge is 2.20. The van der Waals surface area contributed by atoms with Crippen LogP contribution in [0.5, 0.6) is 5.75 Å². The third-order valence-corrected chi connectivity index (χ3v) is 6.06. The van der Waals surface area contributed by atoms with Gasteiger partial charge in [-0.05, 0) is 74.3 Å². The summed E-state index contributed by atoms with van der Waals surface area (Å²) in [4.78, 5) is 20.6. The molecule has 32 heavy (non-hydrogen) atoms. The van der Waals surface area contributed by atoms with Crippen molar-refractivity contribution in [2.45, 2.75) is 63.8 Å². The van der Waals surface area contributed by atoms with Gasteiger partial charge in [0.1, 0.15) is 5.75 Å². The van der Waals surface area contributed by atoms with E-state index >= 15 is 0 Å². The first-order valence-electron chi connectivity index (χ1n) is 11.3. The molecular weight excluding hydrogens is 404 g/mol. The number of hydrogen-bond acceptors (Lipinski definition) is 5. The topological polar surface area (TPSA) is 90.1 Å². The summed E-state index contributed by atoms with van der Waals surface area (Å²) < 4.78 is 6.97. The Hall–Kier alpha value is -3.22. The molecule has 0 aromatic carbocycles. The molecule has 168 valence electrons. The van der Waals surface area contributed by atoms with E-state index in [9.17, 15) is 9.90 Å². The van der Waals surface area contributed by atoms with Gasteiger partial charge in [0, 0.05) is 23.8 Å². The second-order valence-corrected chi connectivity index (χ2v) is 8.38. The monoisotopic (exact) mass is 434 g/mol. The lowest BCUT2D eigenvalue weighted by atomic mass is 10.1. The fraction of sp³-hybridized carbons (Fsp3) is 0.440.